The van der Waals surface area contributed by atoms with Crippen LogP contribution in [-0.2, 0) is 6.54 Å². The highest BCUT2D eigenvalue weighted by Crippen LogP contribution is 2.12. The lowest BCUT2D eigenvalue weighted by molar-refractivity contribution is 0.502. The molecule has 7 heteroatoms. The largest absolute Gasteiger partial charge is 0.467 e. The maximum atomic E-state index is 5.19. The second kappa shape index (κ2) is 7.61. The number of aryl methyl sites for hydroxylation is 1. The average Bonchev–Trinajstić information content (AvgIpc) is 2.99. The summed E-state index contributed by atoms with van der Waals surface area (Å²) in [6.07, 6.45) is 1.62. The molecule has 21 heavy (non-hydrogen) atoms. The molecule has 0 spiro atoms. The molecule has 0 radical (unpaired) electrons. The molecule has 0 aliphatic carbocycles. The van der Waals surface area contributed by atoms with Crippen molar-refractivity contribution in [1.29, 1.82) is 0 Å². The zero-order chi connectivity index (χ0) is 15.1. The van der Waals surface area contributed by atoms with Crippen LogP contribution in [0.3, 0.4) is 0 Å². The molecule has 0 saturated heterocycles. The van der Waals surface area contributed by atoms with Gasteiger partial charge in [0, 0.05) is 5.69 Å². The molecule has 0 saturated carbocycles. The highest BCUT2D eigenvalue weighted by atomic mass is 32.1. The third kappa shape index (κ3) is 5.05. The number of hydrogen-bond acceptors (Lipinski definition) is 3. The lowest BCUT2D eigenvalue weighted by atomic mass is 10.2. The number of furan rings is 1. The molecule has 1 aromatic carbocycles. The number of benzene rings is 1. The Kier molecular flexibility index (Phi) is 5.53. The van der Waals surface area contributed by atoms with Gasteiger partial charge in [-0.25, -0.2) is 0 Å². The highest BCUT2D eigenvalue weighted by molar-refractivity contribution is 7.80. The van der Waals surface area contributed by atoms with Crippen LogP contribution in [-0.4, -0.2) is 10.2 Å². The van der Waals surface area contributed by atoms with E-state index < -0.39 is 0 Å². The fourth-order valence-electron chi connectivity index (χ4n) is 1.60. The van der Waals surface area contributed by atoms with Gasteiger partial charge in [0.25, 0.3) is 0 Å². The fraction of sp³-hybridized carbons (Fsp3) is 0.143. The topological polar surface area (TPSA) is 61.3 Å². The van der Waals surface area contributed by atoms with Crippen molar-refractivity contribution in [3.8, 4) is 0 Å². The SMILES string of the molecule is Cc1ccccc1NC(=S)NNC(=S)NCc1ccco1. The third-order valence-electron chi connectivity index (χ3n) is 2.69. The normalized spacial score (nSPS) is 9.76. The van der Waals surface area contributed by atoms with E-state index in [1.165, 1.54) is 0 Å². The van der Waals surface area contributed by atoms with Gasteiger partial charge in [-0.1, -0.05) is 18.2 Å². The minimum absolute atomic E-state index is 0.431. The Bertz CT molecular complexity index is 613. The van der Waals surface area contributed by atoms with Gasteiger partial charge in [-0.15, -0.1) is 0 Å². The second-order valence-electron chi connectivity index (χ2n) is 4.28. The van der Waals surface area contributed by atoms with Gasteiger partial charge in [-0.3, -0.25) is 10.9 Å². The Morgan fingerprint density at radius 2 is 1.81 bits per heavy atom. The molecule has 2 rings (SSSR count). The van der Waals surface area contributed by atoms with E-state index in [1.807, 2.05) is 43.3 Å². The van der Waals surface area contributed by atoms with Crippen LogP contribution in [0.1, 0.15) is 11.3 Å². The second-order valence-corrected chi connectivity index (χ2v) is 5.10. The van der Waals surface area contributed by atoms with Crippen molar-refractivity contribution in [3.63, 3.8) is 0 Å². The number of thiocarbonyl (C=S) groups is 2. The van der Waals surface area contributed by atoms with Gasteiger partial charge in [-0.05, 0) is 55.1 Å². The van der Waals surface area contributed by atoms with E-state index >= 15 is 0 Å². The van der Waals surface area contributed by atoms with Crippen LogP contribution in [0, 0.1) is 6.92 Å². The molecule has 0 fully saturated rings. The van der Waals surface area contributed by atoms with Crippen molar-refractivity contribution in [1.82, 2.24) is 16.2 Å². The van der Waals surface area contributed by atoms with Gasteiger partial charge in [-0.2, -0.15) is 0 Å². The molecule has 2 aromatic rings. The molecule has 1 aromatic heterocycles. The molecule has 4 N–H and O–H groups in total. The molecular weight excluding hydrogens is 304 g/mol. The van der Waals surface area contributed by atoms with E-state index in [9.17, 15) is 0 Å². The van der Waals surface area contributed by atoms with E-state index in [0.29, 0.717) is 16.8 Å². The van der Waals surface area contributed by atoms with Gasteiger partial charge < -0.3 is 15.1 Å². The van der Waals surface area contributed by atoms with Gasteiger partial charge in [0.15, 0.2) is 10.2 Å². The van der Waals surface area contributed by atoms with Gasteiger partial charge in [0.1, 0.15) is 5.76 Å². The summed E-state index contributed by atoms with van der Waals surface area (Å²) in [5.41, 5.74) is 7.70. The summed E-state index contributed by atoms with van der Waals surface area (Å²) in [5, 5.41) is 6.95. The predicted molar refractivity (Wildman–Crippen MR) is 91.8 cm³/mol. The lowest BCUT2D eigenvalue weighted by Crippen LogP contribution is -2.48. The first-order valence-electron chi connectivity index (χ1n) is 6.34. The molecule has 0 atom stereocenters. The Labute approximate surface area is 134 Å². The summed E-state index contributed by atoms with van der Waals surface area (Å²) in [6, 6.07) is 11.6. The zero-order valence-corrected chi connectivity index (χ0v) is 13.1. The van der Waals surface area contributed by atoms with Crippen molar-refractivity contribution < 1.29 is 4.42 Å². The van der Waals surface area contributed by atoms with Gasteiger partial charge in [0.05, 0.1) is 12.8 Å². The summed E-state index contributed by atoms with van der Waals surface area (Å²) < 4.78 is 5.19. The first-order valence-corrected chi connectivity index (χ1v) is 7.15. The fourth-order valence-corrected chi connectivity index (χ4v) is 1.89. The first-order chi connectivity index (χ1) is 10.1. The quantitative estimate of drug-likeness (QED) is 0.512. The highest BCUT2D eigenvalue weighted by Gasteiger charge is 2.01. The van der Waals surface area contributed by atoms with Gasteiger partial charge in [0.2, 0.25) is 0 Å². The standard InChI is InChI=1S/C14H16N4OS2/c1-10-5-2-3-7-12(10)16-14(21)18-17-13(20)15-9-11-6-4-8-19-11/h2-8H,9H2,1H3,(H2,15,17,20)(H2,16,18,21). The van der Waals surface area contributed by atoms with E-state index in [0.717, 1.165) is 17.0 Å². The number of hydrogen-bond donors (Lipinski definition) is 4. The summed E-state index contributed by atoms with van der Waals surface area (Å²) in [7, 11) is 0. The first kappa shape index (κ1) is 15.3. The van der Waals surface area contributed by atoms with Crippen molar-refractivity contribution in [2.24, 2.45) is 0 Å². The summed E-state index contributed by atoms with van der Waals surface area (Å²) in [6.45, 7) is 2.52. The predicted octanol–water partition coefficient (Wildman–Crippen LogP) is 2.45. The van der Waals surface area contributed by atoms with Crippen molar-refractivity contribution in [2.75, 3.05) is 5.32 Å². The Morgan fingerprint density at radius 3 is 2.52 bits per heavy atom. The number of anilines is 1. The molecule has 0 aliphatic heterocycles. The van der Waals surface area contributed by atoms with Crippen LogP contribution in [0.15, 0.2) is 47.1 Å². The Morgan fingerprint density at radius 1 is 1.05 bits per heavy atom. The number of hydrazine groups is 1. The van der Waals surface area contributed by atoms with Crippen LogP contribution in [0.25, 0.3) is 0 Å². The summed E-state index contributed by atoms with van der Waals surface area (Å²) in [5.74, 6) is 0.805. The van der Waals surface area contributed by atoms with Crippen LogP contribution in [0.5, 0.6) is 0 Å². The molecule has 0 unspecified atom stereocenters. The Hall–Kier alpha value is -2.12. The van der Waals surface area contributed by atoms with E-state index in [1.54, 1.807) is 6.26 Å². The summed E-state index contributed by atoms with van der Waals surface area (Å²) in [4.78, 5) is 0. The maximum Gasteiger partial charge on any atom is 0.189 e. The Balaban J connectivity index is 1.71. The molecule has 5 nitrogen and oxygen atoms in total. The number of para-hydroxylation sites is 1. The van der Waals surface area contributed by atoms with Crippen LogP contribution >= 0.6 is 24.4 Å². The van der Waals surface area contributed by atoms with Crippen molar-refractivity contribution in [3.05, 3.63) is 54.0 Å². The lowest BCUT2D eigenvalue weighted by Gasteiger charge is -2.14. The molecule has 0 amide bonds. The van der Waals surface area contributed by atoms with Gasteiger partial charge >= 0.3 is 0 Å². The van der Waals surface area contributed by atoms with Crippen molar-refractivity contribution in [2.45, 2.75) is 13.5 Å². The number of rotatable bonds is 3. The minimum atomic E-state index is 0.431. The molecular formula is C14H16N4OS2. The monoisotopic (exact) mass is 320 g/mol. The maximum absolute atomic E-state index is 5.19. The average molecular weight is 320 g/mol. The molecule has 110 valence electrons. The zero-order valence-electron chi connectivity index (χ0n) is 11.5. The van der Waals surface area contributed by atoms with E-state index in [2.05, 4.69) is 21.5 Å². The third-order valence-corrected chi connectivity index (χ3v) is 3.14. The molecule has 0 bridgehead atoms. The van der Waals surface area contributed by atoms with E-state index in [4.69, 9.17) is 28.9 Å². The smallest absolute Gasteiger partial charge is 0.189 e. The summed E-state index contributed by atoms with van der Waals surface area (Å²) >= 11 is 10.3. The van der Waals surface area contributed by atoms with Crippen LogP contribution in [0.4, 0.5) is 5.69 Å². The van der Waals surface area contributed by atoms with Crippen LogP contribution < -0.4 is 21.5 Å². The minimum Gasteiger partial charge on any atom is -0.467 e. The number of nitrogens with one attached hydrogen (secondary N) is 4. The molecule has 1 heterocycles. The van der Waals surface area contributed by atoms with E-state index in [-0.39, 0.29) is 0 Å². The molecule has 0 aliphatic rings. The van der Waals surface area contributed by atoms with Crippen LogP contribution in [0.2, 0.25) is 0 Å². The van der Waals surface area contributed by atoms with Crippen molar-refractivity contribution >= 4 is 40.3 Å².